The Kier molecular flexibility index (Phi) is 4.85. The van der Waals surface area contributed by atoms with Crippen molar-refractivity contribution >= 4 is 5.91 Å². The number of carbonyl (C=O) groups excluding carboxylic acids is 1. The molecule has 0 saturated carbocycles. The van der Waals surface area contributed by atoms with Gasteiger partial charge in [-0.1, -0.05) is 19.4 Å². The predicted octanol–water partition coefficient (Wildman–Crippen LogP) is 1.40. The summed E-state index contributed by atoms with van der Waals surface area (Å²) in [4.78, 5) is 13.3. The van der Waals surface area contributed by atoms with Crippen LogP contribution in [-0.2, 0) is 4.79 Å². The highest BCUT2D eigenvalue weighted by molar-refractivity contribution is 5.87. The van der Waals surface area contributed by atoms with E-state index in [2.05, 4.69) is 13.8 Å². The maximum Gasteiger partial charge on any atom is 0.246 e. The first-order valence-corrected chi connectivity index (χ1v) is 4.88. The van der Waals surface area contributed by atoms with Crippen LogP contribution in [-0.4, -0.2) is 30.9 Å². The first kappa shape index (κ1) is 13.2. The van der Waals surface area contributed by atoms with Crippen LogP contribution in [0.2, 0.25) is 0 Å². The molecule has 0 fully saturated rings. The van der Waals surface area contributed by atoms with E-state index >= 15 is 0 Å². The first-order chi connectivity index (χ1) is 6.28. The Balaban J connectivity index is 4.29. The molecule has 0 aromatic heterocycles. The van der Waals surface area contributed by atoms with E-state index in [0.717, 1.165) is 5.57 Å². The van der Waals surface area contributed by atoms with Gasteiger partial charge in [-0.05, 0) is 25.8 Å². The van der Waals surface area contributed by atoms with Crippen molar-refractivity contribution in [3.8, 4) is 0 Å². The second-order valence-corrected chi connectivity index (χ2v) is 4.78. The van der Waals surface area contributed by atoms with E-state index in [1.54, 1.807) is 18.0 Å². The van der Waals surface area contributed by atoms with Crippen LogP contribution in [0.1, 0.15) is 27.7 Å². The Morgan fingerprint density at radius 2 is 1.93 bits per heavy atom. The van der Waals surface area contributed by atoms with Gasteiger partial charge in [0.25, 0.3) is 0 Å². The lowest BCUT2D eigenvalue weighted by Crippen LogP contribution is -2.39. The van der Waals surface area contributed by atoms with Gasteiger partial charge in [0, 0.05) is 19.7 Å². The van der Waals surface area contributed by atoms with Gasteiger partial charge < -0.3 is 10.6 Å². The average molecular weight is 198 g/mol. The van der Waals surface area contributed by atoms with Gasteiger partial charge in [-0.25, -0.2) is 0 Å². The largest absolute Gasteiger partial charge is 0.342 e. The number of likely N-dealkylation sites (N-methyl/N-ethyl adjacent to an activating group) is 1. The summed E-state index contributed by atoms with van der Waals surface area (Å²) in [5.74, 6) is 0.0477. The van der Waals surface area contributed by atoms with E-state index in [1.165, 1.54) is 0 Å². The molecule has 0 spiro atoms. The van der Waals surface area contributed by atoms with Gasteiger partial charge in [-0.3, -0.25) is 4.79 Å². The van der Waals surface area contributed by atoms with Crippen LogP contribution in [0, 0.1) is 5.41 Å². The van der Waals surface area contributed by atoms with Gasteiger partial charge in [-0.15, -0.1) is 0 Å². The van der Waals surface area contributed by atoms with Crippen LogP contribution >= 0.6 is 0 Å². The van der Waals surface area contributed by atoms with E-state index in [9.17, 15) is 4.79 Å². The summed E-state index contributed by atoms with van der Waals surface area (Å²) in [6.45, 7) is 9.21. The van der Waals surface area contributed by atoms with Crippen molar-refractivity contribution in [2.24, 2.45) is 11.1 Å². The second kappa shape index (κ2) is 5.15. The van der Waals surface area contributed by atoms with Crippen molar-refractivity contribution in [1.82, 2.24) is 4.90 Å². The highest BCUT2D eigenvalue weighted by Crippen LogP contribution is 2.14. The van der Waals surface area contributed by atoms with Crippen molar-refractivity contribution in [1.29, 1.82) is 0 Å². The molecule has 2 N–H and O–H groups in total. The molecule has 0 rings (SSSR count). The van der Waals surface area contributed by atoms with E-state index in [-0.39, 0.29) is 11.3 Å². The summed E-state index contributed by atoms with van der Waals surface area (Å²) < 4.78 is 0. The molecule has 0 aliphatic carbocycles. The molecule has 0 radical (unpaired) electrons. The Labute approximate surface area is 87.0 Å². The molecule has 0 unspecified atom stereocenters. The maximum atomic E-state index is 11.6. The summed E-state index contributed by atoms with van der Waals surface area (Å²) in [6.07, 6.45) is 1.65. The van der Waals surface area contributed by atoms with Crippen LogP contribution in [0.5, 0.6) is 0 Å². The summed E-state index contributed by atoms with van der Waals surface area (Å²) in [5, 5.41) is 0. The predicted molar refractivity (Wildman–Crippen MR) is 59.9 cm³/mol. The quantitative estimate of drug-likeness (QED) is 0.694. The molecule has 0 saturated heterocycles. The van der Waals surface area contributed by atoms with E-state index in [1.807, 2.05) is 13.8 Å². The number of allylic oxidation sites excluding steroid dienone is 1. The SMILES string of the molecule is CC(C)=CC(=O)N(C)CC(C)(C)CN. The Morgan fingerprint density at radius 3 is 2.29 bits per heavy atom. The van der Waals surface area contributed by atoms with Crippen LogP contribution in [0.4, 0.5) is 0 Å². The van der Waals surface area contributed by atoms with Gasteiger partial charge in [-0.2, -0.15) is 0 Å². The number of hydrogen-bond acceptors (Lipinski definition) is 2. The lowest BCUT2D eigenvalue weighted by atomic mass is 9.93. The van der Waals surface area contributed by atoms with Gasteiger partial charge in [0.1, 0.15) is 0 Å². The second-order valence-electron chi connectivity index (χ2n) is 4.78. The fraction of sp³-hybridized carbons (Fsp3) is 0.727. The fourth-order valence-corrected chi connectivity index (χ4v) is 1.14. The lowest BCUT2D eigenvalue weighted by molar-refractivity contribution is -0.125. The normalized spacial score (nSPS) is 11.0. The molecule has 0 aliphatic heterocycles. The zero-order chi connectivity index (χ0) is 11.4. The smallest absolute Gasteiger partial charge is 0.246 e. The number of nitrogens with zero attached hydrogens (tertiary/aromatic N) is 1. The van der Waals surface area contributed by atoms with Crippen LogP contribution in [0.25, 0.3) is 0 Å². The number of amides is 1. The maximum absolute atomic E-state index is 11.6. The molecule has 0 aromatic rings. The van der Waals surface area contributed by atoms with E-state index in [0.29, 0.717) is 13.1 Å². The molecule has 0 aromatic carbocycles. The van der Waals surface area contributed by atoms with Crippen molar-refractivity contribution < 1.29 is 4.79 Å². The molecule has 0 heterocycles. The third-order valence-electron chi connectivity index (χ3n) is 2.01. The van der Waals surface area contributed by atoms with Crippen molar-refractivity contribution in [2.45, 2.75) is 27.7 Å². The standard InChI is InChI=1S/C11H22N2O/c1-9(2)6-10(14)13(5)8-11(3,4)7-12/h6H,7-8,12H2,1-5H3. The third kappa shape index (κ3) is 5.02. The third-order valence-corrected chi connectivity index (χ3v) is 2.01. The summed E-state index contributed by atoms with van der Waals surface area (Å²) >= 11 is 0. The molecule has 0 bridgehead atoms. The fourth-order valence-electron chi connectivity index (χ4n) is 1.14. The van der Waals surface area contributed by atoms with Gasteiger partial charge in [0.15, 0.2) is 0 Å². The molecular weight excluding hydrogens is 176 g/mol. The molecule has 1 amide bonds. The van der Waals surface area contributed by atoms with Crippen molar-refractivity contribution in [2.75, 3.05) is 20.1 Å². The van der Waals surface area contributed by atoms with Gasteiger partial charge >= 0.3 is 0 Å². The Morgan fingerprint density at radius 1 is 1.43 bits per heavy atom. The summed E-state index contributed by atoms with van der Waals surface area (Å²) in [7, 11) is 1.80. The van der Waals surface area contributed by atoms with Gasteiger partial charge in [0.05, 0.1) is 0 Å². The highest BCUT2D eigenvalue weighted by Gasteiger charge is 2.19. The number of hydrogen-bond donors (Lipinski definition) is 1. The molecule has 0 aliphatic rings. The molecule has 82 valence electrons. The monoisotopic (exact) mass is 198 g/mol. The topological polar surface area (TPSA) is 46.3 Å². The van der Waals surface area contributed by atoms with Crippen LogP contribution in [0.15, 0.2) is 11.6 Å². The molecule has 3 nitrogen and oxygen atoms in total. The zero-order valence-corrected chi connectivity index (χ0v) is 9.92. The Bertz CT molecular complexity index is 227. The average Bonchev–Trinajstić information content (AvgIpc) is 2.02. The van der Waals surface area contributed by atoms with Crippen LogP contribution in [0.3, 0.4) is 0 Å². The molecule has 0 atom stereocenters. The zero-order valence-electron chi connectivity index (χ0n) is 9.92. The summed E-state index contributed by atoms with van der Waals surface area (Å²) in [5.41, 5.74) is 6.61. The van der Waals surface area contributed by atoms with Gasteiger partial charge in [0.2, 0.25) is 5.91 Å². The minimum Gasteiger partial charge on any atom is -0.342 e. The van der Waals surface area contributed by atoms with E-state index in [4.69, 9.17) is 5.73 Å². The number of nitrogens with two attached hydrogens (primary N) is 1. The summed E-state index contributed by atoms with van der Waals surface area (Å²) in [6, 6.07) is 0. The lowest BCUT2D eigenvalue weighted by Gasteiger charge is -2.28. The van der Waals surface area contributed by atoms with Crippen LogP contribution < -0.4 is 5.73 Å². The number of carbonyl (C=O) groups is 1. The minimum absolute atomic E-state index is 0.0140. The molecular formula is C11H22N2O. The first-order valence-electron chi connectivity index (χ1n) is 4.88. The Hall–Kier alpha value is -0.830. The van der Waals surface area contributed by atoms with E-state index < -0.39 is 0 Å². The highest BCUT2D eigenvalue weighted by atomic mass is 16.2. The molecule has 3 heteroatoms. The van der Waals surface area contributed by atoms with Crippen molar-refractivity contribution in [3.63, 3.8) is 0 Å². The molecule has 14 heavy (non-hydrogen) atoms. The number of rotatable bonds is 4. The van der Waals surface area contributed by atoms with Crippen molar-refractivity contribution in [3.05, 3.63) is 11.6 Å². The minimum atomic E-state index is -0.0140.